The predicted molar refractivity (Wildman–Crippen MR) is 145 cm³/mol. The average Bonchev–Trinajstić information content (AvgIpc) is 3.58. The number of rotatable bonds is 7. The monoisotopic (exact) mass is 468 g/mol. The normalized spacial score (nSPS) is 22.5. The quantitative estimate of drug-likeness (QED) is 0.416. The lowest BCUT2D eigenvalue weighted by atomic mass is 9.98. The molecule has 2 atom stereocenters. The standard InChI is InChI=1S/C30H36N4O/c1-3-30(31)20-27(30)22-9-12-24(13-10-22)33-29(35)23-11-14-26(21-7-5-4-6-8-21)28(19-23)32-25-15-17-34(2)18-16-25/h4-14,19,25,27,32H,3,15-18,20,31H2,1-2H3,(H,33,35). The van der Waals surface area contributed by atoms with E-state index in [-0.39, 0.29) is 11.4 Å². The third kappa shape index (κ3) is 5.26. The highest BCUT2D eigenvalue weighted by molar-refractivity contribution is 6.05. The van der Waals surface area contributed by atoms with Crippen molar-refractivity contribution in [3.05, 3.63) is 83.9 Å². The van der Waals surface area contributed by atoms with Crippen LogP contribution in [0.2, 0.25) is 0 Å². The predicted octanol–water partition coefficient (Wildman–Crippen LogP) is 5.71. The molecule has 1 heterocycles. The lowest BCUT2D eigenvalue weighted by molar-refractivity contribution is 0.102. The van der Waals surface area contributed by atoms with Crippen molar-refractivity contribution >= 4 is 17.3 Å². The zero-order valence-electron chi connectivity index (χ0n) is 20.8. The van der Waals surface area contributed by atoms with Gasteiger partial charge >= 0.3 is 0 Å². The van der Waals surface area contributed by atoms with E-state index in [2.05, 4.69) is 72.0 Å². The minimum atomic E-state index is -0.100. The van der Waals surface area contributed by atoms with Crippen LogP contribution in [0.3, 0.4) is 0 Å². The van der Waals surface area contributed by atoms with Crippen LogP contribution in [0.1, 0.15) is 54.4 Å². The van der Waals surface area contributed by atoms with Gasteiger partial charge in [-0.05, 0) is 81.2 Å². The Morgan fingerprint density at radius 1 is 1.03 bits per heavy atom. The molecule has 1 aliphatic carbocycles. The van der Waals surface area contributed by atoms with Crippen molar-refractivity contribution in [1.29, 1.82) is 0 Å². The molecule has 0 bridgehead atoms. The second-order valence-corrected chi connectivity index (χ2v) is 10.3. The number of hydrogen-bond acceptors (Lipinski definition) is 4. The Morgan fingerprint density at radius 3 is 2.40 bits per heavy atom. The molecular formula is C30H36N4O. The van der Waals surface area contributed by atoms with Crippen LogP contribution in [-0.4, -0.2) is 42.5 Å². The lowest BCUT2D eigenvalue weighted by Gasteiger charge is -2.31. The van der Waals surface area contributed by atoms with Gasteiger partial charge in [0.05, 0.1) is 0 Å². The molecule has 2 fully saturated rings. The second kappa shape index (κ2) is 9.84. The van der Waals surface area contributed by atoms with Gasteiger partial charge in [-0.15, -0.1) is 0 Å². The molecule has 1 aliphatic heterocycles. The summed E-state index contributed by atoms with van der Waals surface area (Å²) in [7, 11) is 2.17. The Morgan fingerprint density at radius 2 is 1.74 bits per heavy atom. The SMILES string of the molecule is CCC1(N)CC1c1ccc(NC(=O)c2ccc(-c3ccccc3)c(NC3CCN(C)CC3)c2)cc1. The van der Waals surface area contributed by atoms with E-state index in [9.17, 15) is 4.79 Å². The summed E-state index contributed by atoms with van der Waals surface area (Å²) < 4.78 is 0. The molecule has 0 spiro atoms. The second-order valence-electron chi connectivity index (χ2n) is 10.3. The number of carbonyl (C=O) groups is 1. The van der Waals surface area contributed by atoms with Gasteiger partial charge in [0.25, 0.3) is 5.91 Å². The highest BCUT2D eigenvalue weighted by Gasteiger charge is 2.49. The fourth-order valence-corrected chi connectivity index (χ4v) is 5.21. The molecule has 3 aromatic carbocycles. The van der Waals surface area contributed by atoms with Crippen molar-refractivity contribution in [3.8, 4) is 11.1 Å². The van der Waals surface area contributed by atoms with Crippen LogP contribution in [0.15, 0.2) is 72.8 Å². The molecule has 182 valence electrons. The highest BCUT2D eigenvalue weighted by atomic mass is 16.1. The maximum absolute atomic E-state index is 13.2. The molecule has 1 saturated heterocycles. The van der Waals surface area contributed by atoms with Crippen molar-refractivity contribution < 1.29 is 4.79 Å². The van der Waals surface area contributed by atoms with Crippen LogP contribution in [0, 0.1) is 0 Å². The maximum atomic E-state index is 13.2. The summed E-state index contributed by atoms with van der Waals surface area (Å²) in [5, 5.41) is 6.82. The van der Waals surface area contributed by atoms with Crippen molar-refractivity contribution in [3.63, 3.8) is 0 Å². The van der Waals surface area contributed by atoms with Gasteiger partial charge in [0.2, 0.25) is 0 Å². The first-order chi connectivity index (χ1) is 16.9. The number of hydrogen-bond donors (Lipinski definition) is 3. The van der Waals surface area contributed by atoms with Crippen LogP contribution in [0.25, 0.3) is 11.1 Å². The van der Waals surface area contributed by atoms with Crippen LogP contribution >= 0.6 is 0 Å². The Labute approximate surface area is 208 Å². The summed E-state index contributed by atoms with van der Waals surface area (Å²) in [6.07, 6.45) is 4.21. The van der Waals surface area contributed by atoms with E-state index in [1.165, 1.54) is 5.56 Å². The number of piperidine rings is 1. The van der Waals surface area contributed by atoms with Gasteiger partial charge in [-0.3, -0.25) is 4.79 Å². The van der Waals surface area contributed by atoms with E-state index < -0.39 is 0 Å². The number of nitrogens with two attached hydrogens (primary N) is 1. The molecule has 4 N–H and O–H groups in total. The third-order valence-corrected chi connectivity index (χ3v) is 7.79. The topological polar surface area (TPSA) is 70.4 Å². The number of likely N-dealkylation sites (tertiary alicyclic amines) is 1. The zero-order valence-corrected chi connectivity index (χ0v) is 20.8. The molecule has 0 aromatic heterocycles. The van der Waals surface area contributed by atoms with E-state index in [0.29, 0.717) is 17.5 Å². The molecule has 5 rings (SSSR count). The van der Waals surface area contributed by atoms with Gasteiger partial charge in [0, 0.05) is 40.0 Å². The van der Waals surface area contributed by atoms with Gasteiger partial charge in [-0.1, -0.05) is 55.5 Å². The van der Waals surface area contributed by atoms with E-state index >= 15 is 0 Å². The Balaban J connectivity index is 1.34. The van der Waals surface area contributed by atoms with Gasteiger partial charge < -0.3 is 21.3 Å². The van der Waals surface area contributed by atoms with E-state index in [1.54, 1.807) is 0 Å². The first-order valence-electron chi connectivity index (χ1n) is 12.8. The molecule has 5 heteroatoms. The van der Waals surface area contributed by atoms with Gasteiger partial charge in [-0.25, -0.2) is 0 Å². The number of amides is 1. The van der Waals surface area contributed by atoms with Crippen molar-refractivity contribution in [2.24, 2.45) is 5.73 Å². The number of nitrogens with one attached hydrogen (secondary N) is 2. The highest BCUT2D eigenvalue weighted by Crippen LogP contribution is 2.51. The van der Waals surface area contributed by atoms with Crippen LogP contribution in [0.5, 0.6) is 0 Å². The van der Waals surface area contributed by atoms with Crippen molar-refractivity contribution in [2.45, 2.75) is 50.1 Å². The molecule has 3 aromatic rings. The Kier molecular flexibility index (Phi) is 6.63. The van der Waals surface area contributed by atoms with Crippen LogP contribution < -0.4 is 16.4 Å². The zero-order chi connectivity index (χ0) is 24.4. The van der Waals surface area contributed by atoms with E-state index in [1.807, 2.05) is 30.3 Å². The largest absolute Gasteiger partial charge is 0.382 e. The maximum Gasteiger partial charge on any atom is 0.255 e. The van der Waals surface area contributed by atoms with Gasteiger partial charge in [0.15, 0.2) is 0 Å². The Hall–Kier alpha value is -3.15. The number of anilines is 2. The smallest absolute Gasteiger partial charge is 0.255 e. The summed E-state index contributed by atoms with van der Waals surface area (Å²) in [5.41, 5.74) is 12.3. The summed E-state index contributed by atoms with van der Waals surface area (Å²) >= 11 is 0. The van der Waals surface area contributed by atoms with Crippen LogP contribution in [0.4, 0.5) is 11.4 Å². The van der Waals surface area contributed by atoms with Gasteiger partial charge in [0.1, 0.15) is 0 Å². The van der Waals surface area contributed by atoms with Crippen LogP contribution in [-0.2, 0) is 0 Å². The first kappa shape index (κ1) is 23.6. The van der Waals surface area contributed by atoms with Gasteiger partial charge in [-0.2, -0.15) is 0 Å². The number of benzene rings is 3. The van der Waals surface area contributed by atoms with Crippen molar-refractivity contribution in [1.82, 2.24) is 4.90 Å². The summed E-state index contributed by atoms with van der Waals surface area (Å²) in [6.45, 7) is 4.31. The summed E-state index contributed by atoms with van der Waals surface area (Å²) in [4.78, 5) is 15.5. The average molecular weight is 469 g/mol. The third-order valence-electron chi connectivity index (χ3n) is 7.79. The minimum Gasteiger partial charge on any atom is -0.382 e. The Bertz CT molecular complexity index is 1170. The fraction of sp³-hybridized carbons (Fsp3) is 0.367. The fourth-order valence-electron chi connectivity index (χ4n) is 5.21. The number of carbonyl (C=O) groups excluding carboxylic acids is 1. The molecule has 5 nitrogen and oxygen atoms in total. The lowest BCUT2D eigenvalue weighted by Crippen LogP contribution is -2.36. The molecule has 35 heavy (non-hydrogen) atoms. The first-order valence-corrected chi connectivity index (χ1v) is 12.8. The minimum absolute atomic E-state index is 0.0532. The molecule has 1 amide bonds. The molecule has 2 aliphatic rings. The molecule has 1 saturated carbocycles. The molecule has 0 radical (unpaired) electrons. The molecule has 2 unspecified atom stereocenters. The number of nitrogens with zero attached hydrogens (tertiary/aromatic N) is 1. The van der Waals surface area contributed by atoms with E-state index in [0.717, 1.165) is 61.3 Å². The summed E-state index contributed by atoms with van der Waals surface area (Å²) in [6, 6.07) is 24.9. The van der Waals surface area contributed by atoms with Crippen molar-refractivity contribution in [2.75, 3.05) is 30.8 Å². The molecular weight excluding hydrogens is 432 g/mol. The van der Waals surface area contributed by atoms with E-state index in [4.69, 9.17) is 5.73 Å². The summed E-state index contributed by atoms with van der Waals surface area (Å²) in [5.74, 6) is 0.327.